The highest BCUT2D eigenvalue weighted by molar-refractivity contribution is 6.10. The van der Waals surface area contributed by atoms with Gasteiger partial charge in [-0.05, 0) is 71.4 Å². The van der Waals surface area contributed by atoms with Crippen LogP contribution in [0, 0.1) is 5.92 Å². The third-order valence-electron chi connectivity index (χ3n) is 7.32. The van der Waals surface area contributed by atoms with Crippen LogP contribution in [-0.4, -0.2) is 71.1 Å². The van der Waals surface area contributed by atoms with Gasteiger partial charge in [-0.15, -0.1) is 0 Å². The highest BCUT2D eigenvalue weighted by Gasteiger charge is 2.52. The third kappa shape index (κ3) is 5.34. The summed E-state index contributed by atoms with van der Waals surface area (Å²) in [7, 11) is 0. The zero-order valence-electron chi connectivity index (χ0n) is 21.8. The summed E-state index contributed by atoms with van der Waals surface area (Å²) in [5, 5.41) is 2.82. The molecule has 9 heteroatoms. The first-order valence-corrected chi connectivity index (χ1v) is 13.0. The molecule has 2 atom stereocenters. The Morgan fingerprint density at radius 1 is 1.19 bits per heavy atom. The van der Waals surface area contributed by atoms with E-state index in [2.05, 4.69) is 5.32 Å². The van der Waals surface area contributed by atoms with Crippen molar-refractivity contribution in [3.05, 3.63) is 29.8 Å². The predicted octanol–water partition coefficient (Wildman–Crippen LogP) is 3.53. The first-order valence-electron chi connectivity index (χ1n) is 13.0. The minimum Gasteiger partial charge on any atom is -0.444 e. The van der Waals surface area contributed by atoms with E-state index < -0.39 is 17.4 Å². The van der Waals surface area contributed by atoms with Crippen molar-refractivity contribution >= 4 is 29.5 Å². The molecule has 9 nitrogen and oxygen atoms in total. The molecule has 0 bridgehead atoms. The van der Waals surface area contributed by atoms with Gasteiger partial charge in [0, 0.05) is 39.0 Å². The van der Waals surface area contributed by atoms with Crippen LogP contribution in [0.5, 0.6) is 0 Å². The second-order valence-electron chi connectivity index (χ2n) is 11.3. The fourth-order valence-corrected chi connectivity index (χ4v) is 5.59. The molecule has 36 heavy (non-hydrogen) atoms. The van der Waals surface area contributed by atoms with E-state index >= 15 is 0 Å². The van der Waals surface area contributed by atoms with Crippen molar-refractivity contribution in [2.24, 2.45) is 5.92 Å². The number of alkyl carbamates (subject to hydrolysis) is 1. The van der Waals surface area contributed by atoms with E-state index in [1.165, 1.54) is 0 Å². The first kappa shape index (κ1) is 26.0. The number of benzene rings is 1. The Hall–Kier alpha value is -3.10. The summed E-state index contributed by atoms with van der Waals surface area (Å²) < 4.78 is 5.30. The lowest BCUT2D eigenvalue weighted by Crippen LogP contribution is -2.62. The normalized spacial score (nSPS) is 23.9. The monoisotopic (exact) mass is 498 g/mol. The first-order chi connectivity index (χ1) is 17.0. The number of likely N-dealkylation sites (tertiary alicyclic amines) is 1. The van der Waals surface area contributed by atoms with Crippen LogP contribution >= 0.6 is 0 Å². The van der Waals surface area contributed by atoms with E-state index in [1.807, 2.05) is 50.8 Å². The lowest BCUT2D eigenvalue weighted by Gasteiger charge is -2.48. The molecule has 0 saturated carbocycles. The van der Waals surface area contributed by atoms with Gasteiger partial charge in [-0.1, -0.05) is 12.1 Å². The maximum absolute atomic E-state index is 13.4. The summed E-state index contributed by atoms with van der Waals surface area (Å²) in [4.78, 5) is 56.4. The molecule has 0 radical (unpaired) electrons. The van der Waals surface area contributed by atoms with Gasteiger partial charge in [0.05, 0.1) is 11.3 Å². The van der Waals surface area contributed by atoms with Crippen molar-refractivity contribution in [1.29, 1.82) is 0 Å². The van der Waals surface area contributed by atoms with Crippen LogP contribution in [0.25, 0.3) is 0 Å². The fourth-order valence-electron chi connectivity index (χ4n) is 5.59. The Bertz CT molecular complexity index is 1040. The van der Waals surface area contributed by atoms with Crippen molar-refractivity contribution < 1.29 is 23.9 Å². The number of carbonyl (C=O) groups is 4. The molecule has 2 fully saturated rings. The maximum Gasteiger partial charge on any atom is 0.407 e. The molecule has 0 aliphatic carbocycles. The number of rotatable bonds is 6. The highest BCUT2D eigenvalue weighted by atomic mass is 16.6. The fraction of sp³-hybridized carbons (Fsp3) is 0.630. The van der Waals surface area contributed by atoms with Gasteiger partial charge in [0.25, 0.3) is 5.91 Å². The number of fused-ring (bicyclic) bond motifs is 3. The van der Waals surface area contributed by atoms with Crippen LogP contribution in [0.1, 0.15) is 76.6 Å². The summed E-state index contributed by atoms with van der Waals surface area (Å²) in [5.41, 5.74) is -0.0297. The van der Waals surface area contributed by atoms with Crippen LogP contribution in [-0.2, 0) is 14.3 Å². The summed E-state index contributed by atoms with van der Waals surface area (Å²) in [6, 6.07) is 7.26. The lowest BCUT2D eigenvalue weighted by molar-refractivity contribution is -0.133. The third-order valence-corrected chi connectivity index (χ3v) is 7.32. The minimum absolute atomic E-state index is 0.0258. The molecular weight excluding hydrogens is 460 g/mol. The van der Waals surface area contributed by atoms with E-state index in [1.54, 1.807) is 15.9 Å². The van der Waals surface area contributed by atoms with Gasteiger partial charge < -0.3 is 19.9 Å². The number of hydrogen-bond acceptors (Lipinski definition) is 5. The molecule has 0 spiro atoms. The molecule has 3 aliphatic heterocycles. The smallest absolute Gasteiger partial charge is 0.407 e. The van der Waals surface area contributed by atoms with Gasteiger partial charge in [0.15, 0.2) is 0 Å². The van der Waals surface area contributed by atoms with E-state index in [9.17, 15) is 19.2 Å². The second kappa shape index (κ2) is 10.1. The molecule has 0 unspecified atom stereocenters. The quantitative estimate of drug-likeness (QED) is 0.647. The Balaban J connectivity index is 1.31. The zero-order valence-corrected chi connectivity index (χ0v) is 21.8. The molecule has 2 saturated heterocycles. The standard InChI is InChI=1S/C27H38N4O5/c1-26(2,3)36-25(35)28-17-19-9-7-15-29(18-19)22(32)12-8-16-30-24(34)20-10-5-6-11-21(20)31-23(33)13-14-27(30,31)4/h5-6,10-11,19H,7-9,12-18H2,1-4H3,(H,28,35)/t19-,27+/m1/s1. The highest BCUT2D eigenvalue weighted by Crippen LogP contribution is 2.44. The Kier molecular flexibility index (Phi) is 7.29. The average molecular weight is 499 g/mol. The topological polar surface area (TPSA) is 99.3 Å². The van der Waals surface area contributed by atoms with Crippen LogP contribution in [0.3, 0.4) is 0 Å². The van der Waals surface area contributed by atoms with Gasteiger partial charge >= 0.3 is 6.09 Å². The minimum atomic E-state index is -0.699. The number of hydrogen-bond donors (Lipinski definition) is 1. The van der Waals surface area contributed by atoms with Crippen molar-refractivity contribution in [1.82, 2.24) is 15.1 Å². The average Bonchev–Trinajstić information content (AvgIpc) is 3.14. The van der Waals surface area contributed by atoms with Gasteiger partial charge in [-0.25, -0.2) is 4.79 Å². The van der Waals surface area contributed by atoms with Crippen molar-refractivity contribution in [3.63, 3.8) is 0 Å². The number of amides is 4. The van der Waals surface area contributed by atoms with Crippen molar-refractivity contribution in [2.75, 3.05) is 31.1 Å². The predicted molar refractivity (Wildman–Crippen MR) is 135 cm³/mol. The molecule has 4 amide bonds. The van der Waals surface area contributed by atoms with E-state index in [0.717, 1.165) is 12.8 Å². The van der Waals surface area contributed by atoms with Crippen LogP contribution in [0.2, 0.25) is 0 Å². The van der Waals surface area contributed by atoms with Crippen molar-refractivity contribution in [2.45, 2.75) is 77.5 Å². The molecule has 1 N–H and O–H groups in total. The molecule has 0 aromatic heterocycles. The number of nitrogens with one attached hydrogen (secondary N) is 1. The summed E-state index contributed by atoms with van der Waals surface area (Å²) in [5.74, 6) is 0.189. The number of carbonyl (C=O) groups excluding carboxylic acids is 4. The van der Waals surface area contributed by atoms with E-state index in [-0.39, 0.29) is 23.6 Å². The summed E-state index contributed by atoms with van der Waals surface area (Å²) in [6.45, 7) is 9.62. The summed E-state index contributed by atoms with van der Waals surface area (Å²) in [6.07, 6.45) is 3.25. The van der Waals surface area contributed by atoms with E-state index in [0.29, 0.717) is 63.1 Å². The molecule has 196 valence electrons. The SMILES string of the molecule is CC(C)(C)OC(=O)NC[C@H]1CCCN(C(=O)CCCN2C(=O)c3ccccc3N3C(=O)CC[C@@]23C)C1. The van der Waals surface area contributed by atoms with Gasteiger partial charge in [-0.2, -0.15) is 0 Å². The molecule has 1 aromatic rings. The van der Waals surface area contributed by atoms with Gasteiger partial charge in [0.2, 0.25) is 11.8 Å². The van der Waals surface area contributed by atoms with Crippen LogP contribution < -0.4 is 10.2 Å². The number of anilines is 1. The molecular formula is C27H38N4O5. The van der Waals surface area contributed by atoms with Gasteiger partial charge in [-0.3, -0.25) is 19.3 Å². The number of ether oxygens (including phenoxy) is 1. The zero-order chi connectivity index (χ0) is 26.1. The number of piperidine rings is 1. The van der Waals surface area contributed by atoms with E-state index in [4.69, 9.17) is 4.74 Å². The Morgan fingerprint density at radius 2 is 1.94 bits per heavy atom. The molecule has 1 aromatic carbocycles. The van der Waals surface area contributed by atoms with Crippen LogP contribution in [0.15, 0.2) is 24.3 Å². The van der Waals surface area contributed by atoms with Crippen LogP contribution in [0.4, 0.5) is 10.5 Å². The molecule has 3 aliphatic rings. The maximum atomic E-state index is 13.4. The Labute approximate surface area is 213 Å². The van der Waals surface area contributed by atoms with Crippen molar-refractivity contribution in [3.8, 4) is 0 Å². The number of nitrogens with zero attached hydrogens (tertiary/aromatic N) is 3. The van der Waals surface area contributed by atoms with Gasteiger partial charge in [0.1, 0.15) is 11.3 Å². The second-order valence-corrected chi connectivity index (χ2v) is 11.3. The molecule has 4 rings (SSSR count). The number of para-hydroxylation sites is 1. The lowest BCUT2D eigenvalue weighted by atomic mass is 9.97. The summed E-state index contributed by atoms with van der Waals surface area (Å²) >= 11 is 0. The Morgan fingerprint density at radius 3 is 2.69 bits per heavy atom. The molecule has 3 heterocycles. The largest absolute Gasteiger partial charge is 0.444 e.